The molecule has 0 aliphatic carbocycles. The zero-order valence-electron chi connectivity index (χ0n) is 17.2. The molecule has 27 heavy (non-hydrogen) atoms. The van der Waals surface area contributed by atoms with Crippen molar-refractivity contribution < 1.29 is 4.74 Å². The molecule has 0 radical (unpaired) electrons. The standard InChI is InChI=1S/C26H36O/c1-3-5-12-23(4-2)21-27-22-26(19-17-24-13-8-6-9-14-24)20-18-25-15-10-7-11-16-25/h6-11,13-16,22-23H,3-5,12,17-21H2,1-2H3. The van der Waals surface area contributed by atoms with Crippen molar-refractivity contribution >= 4 is 0 Å². The molecular formula is C26H36O. The Morgan fingerprint density at radius 1 is 0.852 bits per heavy atom. The summed E-state index contributed by atoms with van der Waals surface area (Å²) in [5.74, 6) is 0.686. The molecule has 1 heteroatoms. The van der Waals surface area contributed by atoms with E-state index in [1.54, 1.807) is 0 Å². The van der Waals surface area contributed by atoms with E-state index in [1.165, 1.54) is 42.4 Å². The highest BCUT2D eigenvalue weighted by molar-refractivity contribution is 5.19. The van der Waals surface area contributed by atoms with Gasteiger partial charge in [-0.1, -0.05) is 93.8 Å². The third-order valence-corrected chi connectivity index (χ3v) is 5.28. The molecule has 0 aliphatic heterocycles. The number of allylic oxidation sites excluding steroid dienone is 1. The van der Waals surface area contributed by atoms with Gasteiger partial charge in [0.1, 0.15) is 0 Å². The third-order valence-electron chi connectivity index (χ3n) is 5.28. The maximum atomic E-state index is 6.06. The molecule has 146 valence electrons. The molecule has 0 aromatic heterocycles. The Bertz CT molecular complexity index is 584. The monoisotopic (exact) mass is 364 g/mol. The van der Waals surface area contributed by atoms with Crippen LogP contribution in [0.1, 0.15) is 63.5 Å². The molecule has 0 saturated heterocycles. The van der Waals surface area contributed by atoms with E-state index in [1.807, 2.05) is 0 Å². The van der Waals surface area contributed by atoms with Crippen LogP contribution in [0.2, 0.25) is 0 Å². The van der Waals surface area contributed by atoms with E-state index in [0.717, 1.165) is 32.3 Å². The minimum absolute atomic E-state index is 0.686. The summed E-state index contributed by atoms with van der Waals surface area (Å²) >= 11 is 0. The molecule has 1 unspecified atom stereocenters. The van der Waals surface area contributed by atoms with Crippen LogP contribution in [0.5, 0.6) is 0 Å². The lowest BCUT2D eigenvalue weighted by molar-refractivity contribution is 0.180. The molecular weight excluding hydrogens is 328 g/mol. The molecule has 1 nitrogen and oxygen atoms in total. The number of rotatable bonds is 13. The van der Waals surface area contributed by atoms with Crippen molar-refractivity contribution in [2.75, 3.05) is 6.61 Å². The van der Waals surface area contributed by atoms with Gasteiger partial charge >= 0.3 is 0 Å². The van der Waals surface area contributed by atoms with Gasteiger partial charge in [0.05, 0.1) is 12.9 Å². The van der Waals surface area contributed by atoms with E-state index >= 15 is 0 Å². The Hall–Kier alpha value is -2.02. The zero-order valence-corrected chi connectivity index (χ0v) is 17.2. The van der Waals surface area contributed by atoms with Gasteiger partial charge in [-0.05, 0) is 54.7 Å². The predicted molar refractivity (Wildman–Crippen MR) is 117 cm³/mol. The molecule has 0 spiro atoms. The first kappa shape index (κ1) is 21.3. The summed E-state index contributed by atoms with van der Waals surface area (Å²) in [4.78, 5) is 0. The lowest BCUT2D eigenvalue weighted by Crippen LogP contribution is -2.07. The second kappa shape index (κ2) is 13.2. The fraction of sp³-hybridized carbons (Fsp3) is 0.462. The van der Waals surface area contributed by atoms with Gasteiger partial charge in [0, 0.05) is 0 Å². The lowest BCUT2D eigenvalue weighted by atomic mass is 9.99. The molecule has 0 bridgehead atoms. The van der Waals surface area contributed by atoms with Crippen molar-refractivity contribution in [3.8, 4) is 0 Å². The normalized spacial score (nSPS) is 11.8. The first-order valence-electron chi connectivity index (χ1n) is 10.7. The number of ether oxygens (including phenoxy) is 1. The Kier molecular flexibility index (Phi) is 10.4. The first-order valence-corrected chi connectivity index (χ1v) is 10.7. The highest BCUT2D eigenvalue weighted by Crippen LogP contribution is 2.18. The molecule has 0 N–H and O–H groups in total. The van der Waals surface area contributed by atoms with Crippen LogP contribution < -0.4 is 0 Å². The summed E-state index contributed by atoms with van der Waals surface area (Å²) in [6.45, 7) is 5.40. The minimum Gasteiger partial charge on any atom is -0.501 e. The van der Waals surface area contributed by atoms with E-state index < -0.39 is 0 Å². The van der Waals surface area contributed by atoms with Gasteiger partial charge in [-0.25, -0.2) is 0 Å². The minimum atomic E-state index is 0.686. The van der Waals surface area contributed by atoms with E-state index in [0.29, 0.717) is 5.92 Å². The Morgan fingerprint density at radius 2 is 1.41 bits per heavy atom. The van der Waals surface area contributed by atoms with Gasteiger partial charge in [-0.3, -0.25) is 0 Å². The third kappa shape index (κ3) is 8.95. The van der Waals surface area contributed by atoms with Crippen molar-refractivity contribution in [3.63, 3.8) is 0 Å². The highest BCUT2D eigenvalue weighted by atomic mass is 16.5. The molecule has 2 rings (SSSR count). The van der Waals surface area contributed by atoms with Gasteiger partial charge in [0.15, 0.2) is 0 Å². The maximum absolute atomic E-state index is 6.06. The lowest BCUT2D eigenvalue weighted by Gasteiger charge is -2.15. The van der Waals surface area contributed by atoms with Crippen molar-refractivity contribution in [1.29, 1.82) is 0 Å². The van der Waals surface area contributed by atoms with Crippen LogP contribution in [0.15, 0.2) is 72.5 Å². The van der Waals surface area contributed by atoms with Crippen LogP contribution in [-0.2, 0) is 17.6 Å². The number of benzene rings is 2. The second-order valence-electron chi connectivity index (χ2n) is 7.50. The van der Waals surface area contributed by atoms with Crippen molar-refractivity contribution in [1.82, 2.24) is 0 Å². The average molecular weight is 365 g/mol. The number of aryl methyl sites for hydroxylation is 2. The van der Waals surface area contributed by atoms with Crippen LogP contribution in [0, 0.1) is 5.92 Å². The molecule has 0 fully saturated rings. The Balaban J connectivity index is 1.90. The molecule has 1 atom stereocenters. The molecule has 2 aromatic carbocycles. The van der Waals surface area contributed by atoms with E-state index in [9.17, 15) is 0 Å². The van der Waals surface area contributed by atoms with Crippen molar-refractivity contribution in [2.24, 2.45) is 5.92 Å². The van der Waals surface area contributed by atoms with E-state index in [-0.39, 0.29) is 0 Å². The van der Waals surface area contributed by atoms with Gasteiger partial charge in [0.2, 0.25) is 0 Å². The van der Waals surface area contributed by atoms with Gasteiger partial charge < -0.3 is 4.74 Å². The summed E-state index contributed by atoms with van der Waals surface area (Å²) in [6.07, 6.45) is 11.4. The largest absolute Gasteiger partial charge is 0.501 e. The molecule has 0 saturated carbocycles. The number of unbranched alkanes of at least 4 members (excludes halogenated alkanes) is 1. The fourth-order valence-corrected chi connectivity index (χ4v) is 3.34. The van der Waals surface area contributed by atoms with Gasteiger partial charge in [0.25, 0.3) is 0 Å². The summed E-state index contributed by atoms with van der Waals surface area (Å²) in [7, 11) is 0. The summed E-state index contributed by atoms with van der Waals surface area (Å²) in [5.41, 5.74) is 4.23. The summed E-state index contributed by atoms with van der Waals surface area (Å²) in [5, 5.41) is 0. The second-order valence-corrected chi connectivity index (χ2v) is 7.50. The van der Waals surface area contributed by atoms with Gasteiger partial charge in [-0.2, -0.15) is 0 Å². The maximum Gasteiger partial charge on any atom is 0.0901 e. The van der Waals surface area contributed by atoms with Crippen LogP contribution in [0.4, 0.5) is 0 Å². The molecule has 2 aromatic rings. The van der Waals surface area contributed by atoms with Gasteiger partial charge in [-0.15, -0.1) is 0 Å². The molecule has 0 aliphatic rings. The molecule has 0 heterocycles. The topological polar surface area (TPSA) is 9.23 Å². The Morgan fingerprint density at radius 3 is 1.89 bits per heavy atom. The average Bonchev–Trinajstić information content (AvgIpc) is 2.73. The van der Waals surface area contributed by atoms with Crippen LogP contribution >= 0.6 is 0 Å². The van der Waals surface area contributed by atoms with E-state index in [2.05, 4.69) is 80.8 Å². The fourth-order valence-electron chi connectivity index (χ4n) is 3.34. The first-order chi connectivity index (χ1) is 13.3. The summed E-state index contributed by atoms with van der Waals surface area (Å²) < 4.78 is 6.06. The number of hydrogen-bond donors (Lipinski definition) is 0. The van der Waals surface area contributed by atoms with Crippen LogP contribution in [0.25, 0.3) is 0 Å². The van der Waals surface area contributed by atoms with E-state index in [4.69, 9.17) is 4.74 Å². The van der Waals surface area contributed by atoms with Crippen LogP contribution in [0.3, 0.4) is 0 Å². The SMILES string of the molecule is CCCCC(CC)COC=C(CCc1ccccc1)CCc1ccccc1. The molecule has 0 amide bonds. The van der Waals surface area contributed by atoms with Crippen molar-refractivity contribution in [3.05, 3.63) is 83.6 Å². The smallest absolute Gasteiger partial charge is 0.0901 e. The quantitative estimate of drug-likeness (QED) is 0.337. The number of hydrogen-bond acceptors (Lipinski definition) is 1. The van der Waals surface area contributed by atoms with Crippen molar-refractivity contribution in [2.45, 2.75) is 65.2 Å². The highest BCUT2D eigenvalue weighted by Gasteiger charge is 2.07. The predicted octanol–water partition coefficient (Wildman–Crippen LogP) is 7.37. The summed E-state index contributed by atoms with van der Waals surface area (Å²) in [6, 6.07) is 21.5. The zero-order chi connectivity index (χ0) is 19.2. The van der Waals surface area contributed by atoms with Crippen LogP contribution in [-0.4, -0.2) is 6.61 Å². The Labute approximate surface area is 166 Å².